The molecule has 0 spiro atoms. The first kappa shape index (κ1) is 23.5. The van der Waals surface area contributed by atoms with Crippen LogP contribution in [0.3, 0.4) is 0 Å². The average molecular weight is 429 g/mol. The van der Waals surface area contributed by atoms with Crippen LogP contribution in [0.25, 0.3) is 0 Å². The van der Waals surface area contributed by atoms with Crippen molar-refractivity contribution in [2.24, 2.45) is 5.41 Å². The van der Waals surface area contributed by atoms with Gasteiger partial charge in [0.15, 0.2) is 0 Å². The second-order valence-corrected chi connectivity index (χ2v) is 9.81. The van der Waals surface area contributed by atoms with Gasteiger partial charge in [0.05, 0.1) is 10.8 Å². The number of nitrogens with one attached hydrogen (secondary N) is 2. The third-order valence-electron chi connectivity index (χ3n) is 4.25. The summed E-state index contributed by atoms with van der Waals surface area (Å²) in [6.07, 6.45) is 0.434. The van der Waals surface area contributed by atoms with Crippen molar-refractivity contribution >= 4 is 40.9 Å². The number of carbonyl (C=O) groups is 3. The summed E-state index contributed by atoms with van der Waals surface area (Å²) in [5, 5.41) is 14.4. The summed E-state index contributed by atoms with van der Waals surface area (Å²) in [7, 11) is 0. The molecule has 0 radical (unpaired) electrons. The number of aryl methyl sites for hydroxylation is 1. The molecule has 0 aromatic heterocycles. The third kappa shape index (κ3) is 7.22. The van der Waals surface area contributed by atoms with Gasteiger partial charge in [-0.3, -0.25) is 9.59 Å². The molecule has 0 saturated heterocycles. The first-order valence-electron chi connectivity index (χ1n) is 9.66. The number of carboxylic acids is 1. The standard InChI is InChI=1S/C23H28N2O4S/c1-14-6-7-16(22(28)29)12-19(14)25-21(27)15(2)30-18-10-8-17(9-11-18)24-20(26)13-23(3,4)5/h6-12,15H,13H2,1-5H3,(H,24,26)(H,25,27)(H,28,29). The molecule has 160 valence electrons. The van der Waals surface area contributed by atoms with Crippen molar-refractivity contribution in [1.29, 1.82) is 0 Å². The molecule has 2 rings (SSSR count). The fourth-order valence-corrected chi connectivity index (χ4v) is 3.55. The summed E-state index contributed by atoms with van der Waals surface area (Å²) in [6, 6.07) is 12.0. The van der Waals surface area contributed by atoms with Crippen molar-refractivity contribution in [3.63, 3.8) is 0 Å². The molecule has 3 N–H and O–H groups in total. The highest BCUT2D eigenvalue weighted by atomic mass is 32.2. The zero-order chi connectivity index (χ0) is 22.5. The lowest BCUT2D eigenvalue weighted by molar-refractivity contribution is -0.118. The first-order chi connectivity index (χ1) is 13.9. The van der Waals surface area contributed by atoms with Crippen LogP contribution in [0.2, 0.25) is 0 Å². The molecule has 6 nitrogen and oxygen atoms in total. The van der Waals surface area contributed by atoms with E-state index in [4.69, 9.17) is 5.11 Å². The van der Waals surface area contributed by atoms with Crippen LogP contribution in [0.4, 0.5) is 11.4 Å². The van der Waals surface area contributed by atoms with Gasteiger partial charge >= 0.3 is 5.97 Å². The Bertz CT molecular complexity index is 933. The number of aromatic carboxylic acids is 1. The second kappa shape index (κ2) is 9.80. The van der Waals surface area contributed by atoms with Crippen LogP contribution in [0.1, 0.15) is 50.0 Å². The monoisotopic (exact) mass is 428 g/mol. The van der Waals surface area contributed by atoms with E-state index >= 15 is 0 Å². The lowest BCUT2D eigenvalue weighted by Gasteiger charge is -2.17. The van der Waals surface area contributed by atoms with E-state index in [1.807, 2.05) is 52.0 Å². The van der Waals surface area contributed by atoms with Gasteiger partial charge in [-0.15, -0.1) is 11.8 Å². The zero-order valence-corrected chi connectivity index (χ0v) is 18.7. The summed E-state index contributed by atoms with van der Waals surface area (Å²) in [5.41, 5.74) is 2.04. The van der Waals surface area contributed by atoms with Crippen molar-refractivity contribution in [2.75, 3.05) is 10.6 Å². The predicted octanol–water partition coefficient (Wildman–Crippen LogP) is 5.19. The molecule has 30 heavy (non-hydrogen) atoms. The van der Waals surface area contributed by atoms with E-state index in [1.54, 1.807) is 13.0 Å². The first-order valence-corrected chi connectivity index (χ1v) is 10.5. The van der Waals surface area contributed by atoms with Crippen molar-refractivity contribution in [3.05, 3.63) is 53.6 Å². The van der Waals surface area contributed by atoms with Crippen LogP contribution >= 0.6 is 11.8 Å². The molecule has 0 aliphatic rings. The second-order valence-electron chi connectivity index (χ2n) is 8.39. The minimum atomic E-state index is -1.04. The Morgan fingerprint density at radius 3 is 2.23 bits per heavy atom. The van der Waals surface area contributed by atoms with Gasteiger partial charge in [-0.05, 0) is 61.2 Å². The Labute approximate surface area is 181 Å². The minimum Gasteiger partial charge on any atom is -0.478 e. The lowest BCUT2D eigenvalue weighted by atomic mass is 9.92. The van der Waals surface area contributed by atoms with Crippen LogP contribution in [0.5, 0.6) is 0 Å². The Morgan fingerprint density at radius 1 is 1.03 bits per heavy atom. The lowest BCUT2D eigenvalue weighted by Crippen LogP contribution is -2.23. The summed E-state index contributed by atoms with van der Waals surface area (Å²) >= 11 is 1.38. The van der Waals surface area contributed by atoms with E-state index < -0.39 is 5.97 Å². The maximum absolute atomic E-state index is 12.6. The summed E-state index contributed by atoms with van der Waals surface area (Å²) in [4.78, 5) is 36.6. The van der Waals surface area contributed by atoms with E-state index in [9.17, 15) is 14.4 Å². The molecular formula is C23H28N2O4S. The van der Waals surface area contributed by atoms with Crippen LogP contribution in [0, 0.1) is 12.3 Å². The van der Waals surface area contributed by atoms with E-state index in [0.29, 0.717) is 17.8 Å². The van der Waals surface area contributed by atoms with Crippen molar-refractivity contribution < 1.29 is 19.5 Å². The summed E-state index contributed by atoms with van der Waals surface area (Å²) < 4.78 is 0. The maximum atomic E-state index is 12.6. The quantitative estimate of drug-likeness (QED) is 0.528. The molecule has 1 atom stereocenters. The van der Waals surface area contributed by atoms with E-state index in [-0.39, 0.29) is 28.0 Å². The third-order valence-corrected chi connectivity index (χ3v) is 5.37. The molecule has 0 bridgehead atoms. The van der Waals surface area contributed by atoms with Crippen molar-refractivity contribution in [1.82, 2.24) is 0 Å². The molecule has 1 unspecified atom stereocenters. The number of rotatable bonds is 7. The maximum Gasteiger partial charge on any atom is 0.335 e. The molecule has 2 amide bonds. The number of hydrogen-bond donors (Lipinski definition) is 3. The normalized spacial score (nSPS) is 12.2. The number of thioether (sulfide) groups is 1. The Hall–Kier alpha value is -2.80. The molecule has 0 aliphatic heterocycles. The highest BCUT2D eigenvalue weighted by Crippen LogP contribution is 2.27. The zero-order valence-electron chi connectivity index (χ0n) is 17.9. The van der Waals surface area contributed by atoms with Crippen LogP contribution in [-0.2, 0) is 9.59 Å². The highest BCUT2D eigenvalue weighted by Gasteiger charge is 2.18. The molecule has 0 saturated carbocycles. The fraction of sp³-hybridized carbons (Fsp3) is 0.348. The molecule has 0 heterocycles. The van der Waals surface area contributed by atoms with Gasteiger partial charge in [0.1, 0.15) is 0 Å². The van der Waals surface area contributed by atoms with Gasteiger partial charge in [-0.2, -0.15) is 0 Å². The van der Waals surface area contributed by atoms with Crippen LogP contribution in [0.15, 0.2) is 47.4 Å². The predicted molar refractivity (Wildman–Crippen MR) is 121 cm³/mol. The van der Waals surface area contributed by atoms with Gasteiger partial charge < -0.3 is 15.7 Å². The fourth-order valence-electron chi connectivity index (χ4n) is 2.69. The SMILES string of the molecule is Cc1ccc(C(=O)O)cc1NC(=O)C(C)Sc1ccc(NC(=O)CC(C)(C)C)cc1. The van der Waals surface area contributed by atoms with E-state index in [1.165, 1.54) is 23.9 Å². The Balaban J connectivity index is 1.96. The summed E-state index contributed by atoms with van der Waals surface area (Å²) in [5.74, 6) is -1.29. The largest absolute Gasteiger partial charge is 0.478 e. The van der Waals surface area contributed by atoms with Crippen LogP contribution in [-0.4, -0.2) is 28.1 Å². The van der Waals surface area contributed by atoms with Gasteiger partial charge in [0.2, 0.25) is 11.8 Å². The summed E-state index contributed by atoms with van der Waals surface area (Å²) in [6.45, 7) is 9.63. The number of anilines is 2. The molecule has 0 aliphatic carbocycles. The molecule has 2 aromatic carbocycles. The Morgan fingerprint density at radius 2 is 1.67 bits per heavy atom. The number of hydrogen-bond acceptors (Lipinski definition) is 4. The number of amides is 2. The van der Waals surface area contributed by atoms with Crippen LogP contribution < -0.4 is 10.6 Å². The average Bonchev–Trinajstić information content (AvgIpc) is 2.63. The van der Waals surface area contributed by atoms with E-state index in [0.717, 1.165) is 10.5 Å². The number of carbonyl (C=O) groups excluding carboxylic acids is 2. The topological polar surface area (TPSA) is 95.5 Å². The number of carboxylic acid groups (broad SMARTS) is 1. The van der Waals surface area contributed by atoms with Gasteiger partial charge in [0, 0.05) is 22.7 Å². The van der Waals surface area contributed by atoms with Gasteiger partial charge in [-0.1, -0.05) is 26.8 Å². The minimum absolute atomic E-state index is 0.0328. The molecule has 0 fully saturated rings. The smallest absolute Gasteiger partial charge is 0.335 e. The Kier molecular flexibility index (Phi) is 7.67. The number of benzene rings is 2. The molecule has 7 heteroatoms. The van der Waals surface area contributed by atoms with Crippen molar-refractivity contribution in [2.45, 2.75) is 51.2 Å². The van der Waals surface area contributed by atoms with Gasteiger partial charge in [0.25, 0.3) is 0 Å². The van der Waals surface area contributed by atoms with E-state index in [2.05, 4.69) is 10.6 Å². The molecule has 2 aromatic rings. The van der Waals surface area contributed by atoms with Gasteiger partial charge in [-0.25, -0.2) is 4.79 Å². The molecular weight excluding hydrogens is 400 g/mol. The van der Waals surface area contributed by atoms with Crippen molar-refractivity contribution in [3.8, 4) is 0 Å². The highest BCUT2D eigenvalue weighted by molar-refractivity contribution is 8.00.